The van der Waals surface area contributed by atoms with Crippen molar-refractivity contribution >= 4 is 6.09 Å². The molecule has 0 bridgehead atoms. The maximum Gasteiger partial charge on any atom is 0.408 e. The third-order valence-electron chi connectivity index (χ3n) is 4.78. The predicted molar refractivity (Wildman–Crippen MR) is 113 cm³/mol. The van der Waals surface area contributed by atoms with Gasteiger partial charge in [0.15, 0.2) is 0 Å². The van der Waals surface area contributed by atoms with Crippen LogP contribution < -0.4 is 5.32 Å². The molecule has 0 radical (unpaired) electrons. The zero-order valence-electron chi connectivity index (χ0n) is 17.0. The summed E-state index contributed by atoms with van der Waals surface area (Å²) < 4.78 is 0. The van der Waals surface area contributed by atoms with Crippen LogP contribution in [0, 0.1) is 0 Å². The van der Waals surface area contributed by atoms with E-state index in [1.165, 1.54) is 10.5 Å². The summed E-state index contributed by atoms with van der Waals surface area (Å²) >= 11 is 0. The van der Waals surface area contributed by atoms with Gasteiger partial charge in [0, 0.05) is 12.1 Å². The first-order chi connectivity index (χ1) is 13.3. The highest BCUT2D eigenvalue weighted by atomic mass is 16.4. The molecule has 152 valence electrons. The average Bonchev–Trinajstić information content (AvgIpc) is 2.65. The highest BCUT2D eigenvalue weighted by Crippen LogP contribution is 2.22. The molecule has 0 aliphatic rings. The van der Waals surface area contributed by atoms with Gasteiger partial charge in [0.05, 0.1) is 12.1 Å². The number of aliphatic hydroxyl groups is 1. The molecule has 0 spiro atoms. The third-order valence-corrected chi connectivity index (χ3v) is 4.78. The molecule has 0 saturated heterocycles. The van der Waals surface area contributed by atoms with Crippen molar-refractivity contribution in [3.05, 3.63) is 71.8 Å². The Hall–Kier alpha value is -2.37. The first-order valence-electron chi connectivity index (χ1n) is 9.78. The lowest BCUT2D eigenvalue weighted by Crippen LogP contribution is -2.58. The van der Waals surface area contributed by atoms with Gasteiger partial charge in [-0.1, -0.05) is 60.7 Å². The largest absolute Gasteiger partial charge is 0.465 e. The fraction of sp³-hybridized carbons (Fsp3) is 0.435. The fourth-order valence-electron chi connectivity index (χ4n) is 3.44. The monoisotopic (exact) mass is 384 g/mol. The first-order valence-corrected chi connectivity index (χ1v) is 9.78. The lowest BCUT2D eigenvalue weighted by Gasteiger charge is -2.42. The van der Waals surface area contributed by atoms with Crippen LogP contribution in [0.25, 0.3) is 0 Å². The molecule has 2 atom stereocenters. The van der Waals surface area contributed by atoms with Crippen molar-refractivity contribution in [1.82, 2.24) is 10.2 Å². The third kappa shape index (κ3) is 6.66. The van der Waals surface area contributed by atoms with Crippen LogP contribution in [0.15, 0.2) is 60.7 Å². The van der Waals surface area contributed by atoms with Gasteiger partial charge in [-0.3, -0.25) is 4.90 Å². The molecule has 2 aromatic carbocycles. The van der Waals surface area contributed by atoms with Crippen molar-refractivity contribution in [3.63, 3.8) is 0 Å². The van der Waals surface area contributed by atoms with Crippen molar-refractivity contribution in [2.75, 3.05) is 13.1 Å². The number of hydrogen-bond acceptors (Lipinski definition) is 3. The standard InChI is InChI=1S/C23H32N2O3/c1-23(2,3)25(22(27)28)20(16-19-12-8-5-9-13-19)21(26)17-24-15-14-18-10-6-4-7-11-18/h4-13,20-21,24,26H,14-17H2,1-3H3,(H,27,28)/t20-,21-/m0/s1. The Kier molecular flexibility index (Phi) is 8.03. The molecule has 28 heavy (non-hydrogen) atoms. The summed E-state index contributed by atoms with van der Waals surface area (Å²) in [6.45, 7) is 6.63. The van der Waals surface area contributed by atoms with Crippen molar-refractivity contribution in [2.24, 2.45) is 0 Å². The van der Waals surface area contributed by atoms with E-state index in [-0.39, 0.29) is 0 Å². The second kappa shape index (κ2) is 10.2. The lowest BCUT2D eigenvalue weighted by molar-refractivity contribution is 0.00792. The highest BCUT2D eigenvalue weighted by molar-refractivity contribution is 5.66. The summed E-state index contributed by atoms with van der Waals surface area (Å²) in [7, 11) is 0. The van der Waals surface area contributed by atoms with Gasteiger partial charge in [-0.05, 0) is 51.3 Å². The molecule has 5 nitrogen and oxygen atoms in total. The molecule has 3 N–H and O–H groups in total. The van der Waals surface area contributed by atoms with Gasteiger partial charge in [-0.25, -0.2) is 4.79 Å². The minimum atomic E-state index is -1.02. The molecular weight excluding hydrogens is 352 g/mol. The van der Waals surface area contributed by atoms with Gasteiger partial charge < -0.3 is 15.5 Å². The summed E-state index contributed by atoms with van der Waals surface area (Å²) in [5, 5.41) is 24.0. The Morgan fingerprint density at radius 2 is 1.54 bits per heavy atom. The predicted octanol–water partition coefficient (Wildman–Crippen LogP) is 3.57. The summed E-state index contributed by atoms with van der Waals surface area (Å²) in [6, 6.07) is 19.3. The molecule has 0 fully saturated rings. The van der Waals surface area contributed by atoms with E-state index < -0.39 is 23.8 Å². The number of rotatable bonds is 9. The van der Waals surface area contributed by atoms with Crippen LogP contribution in [-0.2, 0) is 12.8 Å². The number of carboxylic acid groups (broad SMARTS) is 1. The van der Waals surface area contributed by atoms with E-state index in [9.17, 15) is 15.0 Å². The molecule has 0 aliphatic heterocycles. The Morgan fingerprint density at radius 3 is 2.04 bits per heavy atom. The van der Waals surface area contributed by atoms with Crippen LogP contribution in [0.5, 0.6) is 0 Å². The van der Waals surface area contributed by atoms with Crippen LogP contribution in [0.3, 0.4) is 0 Å². The molecule has 2 rings (SSSR count). The van der Waals surface area contributed by atoms with Crippen LogP contribution in [0.2, 0.25) is 0 Å². The van der Waals surface area contributed by atoms with Gasteiger partial charge in [-0.15, -0.1) is 0 Å². The first kappa shape index (κ1) is 21.9. The summed E-state index contributed by atoms with van der Waals surface area (Å²) in [5.74, 6) is 0. The van der Waals surface area contributed by atoms with E-state index >= 15 is 0 Å². The number of nitrogens with one attached hydrogen (secondary N) is 1. The number of carbonyl (C=O) groups is 1. The maximum absolute atomic E-state index is 12.0. The summed E-state index contributed by atoms with van der Waals surface area (Å²) in [5.41, 5.74) is 1.62. The molecule has 2 aromatic rings. The van der Waals surface area contributed by atoms with Crippen molar-refractivity contribution in [2.45, 2.75) is 51.3 Å². The van der Waals surface area contributed by atoms with Crippen LogP contribution in [0.1, 0.15) is 31.9 Å². The van der Waals surface area contributed by atoms with Gasteiger partial charge in [0.25, 0.3) is 0 Å². The molecular formula is C23H32N2O3. The Bertz CT molecular complexity index is 714. The Labute approximate surface area is 168 Å². The smallest absolute Gasteiger partial charge is 0.408 e. The Morgan fingerprint density at radius 1 is 1.00 bits per heavy atom. The normalized spacial score (nSPS) is 13.7. The number of aliphatic hydroxyl groups excluding tert-OH is 1. The minimum Gasteiger partial charge on any atom is -0.465 e. The van der Waals surface area contributed by atoms with Crippen molar-refractivity contribution < 1.29 is 15.0 Å². The second-order valence-corrected chi connectivity index (χ2v) is 8.09. The number of benzene rings is 2. The van der Waals surface area contributed by atoms with Crippen molar-refractivity contribution in [1.29, 1.82) is 0 Å². The maximum atomic E-state index is 12.0. The average molecular weight is 385 g/mol. The zero-order chi connectivity index (χ0) is 20.6. The molecule has 0 unspecified atom stereocenters. The molecule has 0 saturated carbocycles. The molecule has 0 aliphatic carbocycles. The fourth-order valence-corrected chi connectivity index (χ4v) is 3.44. The molecule has 5 heteroatoms. The van der Waals surface area contributed by atoms with Crippen LogP contribution >= 0.6 is 0 Å². The summed E-state index contributed by atoms with van der Waals surface area (Å²) in [4.78, 5) is 13.4. The molecule has 1 amide bonds. The SMILES string of the molecule is CC(C)(C)N(C(=O)O)[C@@H](Cc1ccccc1)[C@@H](O)CNCCc1ccccc1. The molecule has 0 aromatic heterocycles. The van der Waals surface area contributed by atoms with E-state index in [1.54, 1.807) is 0 Å². The minimum absolute atomic E-state index is 0.337. The highest BCUT2D eigenvalue weighted by Gasteiger charge is 2.37. The summed E-state index contributed by atoms with van der Waals surface area (Å²) in [6.07, 6.45) is -0.506. The quantitative estimate of drug-likeness (QED) is 0.578. The molecule has 0 heterocycles. The number of amides is 1. The lowest BCUT2D eigenvalue weighted by atomic mass is 9.94. The second-order valence-electron chi connectivity index (χ2n) is 8.09. The van der Waals surface area contributed by atoms with Gasteiger partial charge in [0.2, 0.25) is 0 Å². The van der Waals surface area contributed by atoms with Gasteiger partial charge >= 0.3 is 6.09 Å². The number of nitrogens with zero attached hydrogens (tertiary/aromatic N) is 1. The van der Waals surface area contributed by atoms with Gasteiger partial charge in [0.1, 0.15) is 0 Å². The zero-order valence-corrected chi connectivity index (χ0v) is 17.0. The van der Waals surface area contributed by atoms with E-state index in [0.717, 1.165) is 18.5 Å². The van der Waals surface area contributed by atoms with Crippen LogP contribution in [0.4, 0.5) is 4.79 Å². The van der Waals surface area contributed by atoms with Crippen molar-refractivity contribution in [3.8, 4) is 0 Å². The van der Waals surface area contributed by atoms with E-state index in [0.29, 0.717) is 13.0 Å². The van der Waals surface area contributed by atoms with E-state index in [4.69, 9.17) is 0 Å². The topological polar surface area (TPSA) is 72.8 Å². The Balaban J connectivity index is 2.05. The number of hydrogen-bond donors (Lipinski definition) is 3. The van der Waals surface area contributed by atoms with Crippen LogP contribution in [-0.4, -0.2) is 52.0 Å². The van der Waals surface area contributed by atoms with E-state index in [2.05, 4.69) is 17.4 Å². The van der Waals surface area contributed by atoms with E-state index in [1.807, 2.05) is 69.3 Å². The van der Waals surface area contributed by atoms with Gasteiger partial charge in [-0.2, -0.15) is 0 Å².